The first-order valence-corrected chi connectivity index (χ1v) is 10.7. The highest BCUT2D eigenvalue weighted by molar-refractivity contribution is 6.02. The topological polar surface area (TPSA) is 144 Å². The molecule has 188 valence electrons. The number of anilines is 3. The second kappa shape index (κ2) is 8.48. The van der Waals surface area contributed by atoms with Gasteiger partial charge in [-0.05, 0) is 30.5 Å². The van der Waals surface area contributed by atoms with Crippen LogP contribution in [0.25, 0.3) is 22.2 Å². The van der Waals surface area contributed by atoms with Crippen LogP contribution in [0.1, 0.15) is 18.6 Å². The van der Waals surface area contributed by atoms with Crippen LogP contribution in [-0.2, 0) is 12.0 Å². The number of alkyl halides is 3. The number of nitrogens with one attached hydrogen (secondary N) is 2. The molecule has 0 unspecified atom stereocenters. The predicted octanol–water partition coefficient (Wildman–Crippen LogP) is 4.04. The number of hydrogen-bond donors (Lipinski definition) is 4. The van der Waals surface area contributed by atoms with E-state index in [1.165, 1.54) is 24.5 Å². The number of nitrogen functional groups attached to an aromatic ring is 1. The van der Waals surface area contributed by atoms with Crippen LogP contribution in [-0.4, -0.2) is 43.6 Å². The van der Waals surface area contributed by atoms with Gasteiger partial charge in [-0.1, -0.05) is 11.2 Å². The molecule has 1 fully saturated rings. The van der Waals surface area contributed by atoms with E-state index >= 15 is 0 Å². The molecule has 2 amide bonds. The van der Waals surface area contributed by atoms with Crippen molar-refractivity contribution in [2.75, 3.05) is 23.0 Å². The molecular formula is C22H19F4N7O3. The Balaban J connectivity index is 1.34. The van der Waals surface area contributed by atoms with Crippen molar-refractivity contribution in [1.82, 2.24) is 19.7 Å². The summed E-state index contributed by atoms with van der Waals surface area (Å²) >= 11 is 0. The van der Waals surface area contributed by atoms with Crippen LogP contribution in [0.4, 0.5) is 39.7 Å². The number of nitrogens with zero attached hydrogens (tertiary/aromatic N) is 4. The van der Waals surface area contributed by atoms with Gasteiger partial charge in [-0.25, -0.2) is 19.2 Å². The molecule has 14 heteroatoms. The normalized spacial score (nSPS) is 14.7. The number of benzene rings is 1. The van der Waals surface area contributed by atoms with Crippen LogP contribution < -0.4 is 16.4 Å². The lowest BCUT2D eigenvalue weighted by atomic mass is 10.0. The molecule has 5 N–H and O–H groups in total. The first-order valence-electron chi connectivity index (χ1n) is 10.7. The highest BCUT2D eigenvalue weighted by Gasteiger charge is 2.66. The number of nitrogens with two attached hydrogens (primary N) is 1. The molecule has 1 aliphatic rings. The number of aliphatic hydroxyl groups is 1. The average molecular weight is 505 g/mol. The number of amides is 2. The zero-order chi connectivity index (χ0) is 25.7. The summed E-state index contributed by atoms with van der Waals surface area (Å²) < 4.78 is 61.0. The van der Waals surface area contributed by atoms with Crippen molar-refractivity contribution < 1.29 is 32.0 Å². The first-order chi connectivity index (χ1) is 17.1. The summed E-state index contributed by atoms with van der Waals surface area (Å²) in [4.78, 5) is 20.5. The molecule has 5 rings (SSSR count). The molecule has 0 saturated heterocycles. The molecule has 1 saturated carbocycles. The number of carbonyl (C=O) groups excluding carboxylic acids is 1. The van der Waals surface area contributed by atoms with Crippen LogP contribution in [0.15, 0.2) is 41.3 Å². The van der Waals surface area contributed by atoms with Gasteiger partial charge in [0.1, 0.15) is 29.0 Å². The zero-order valence-corrected chi connectivity index (χ0v) is 18.4. The van der Waals surface area contributed by atoms with Gasteiger partial charge >= 0.3 is 12.2 Å². The van der Waals surface area contributed by atoms with Gasteiger partial charge in [0, 0.05) is 24.4 Å². The molecular weight excluding hydrogens is 486 g/mol. The summed E-state index contributed by atoms with van der Waals surface area (Å²) in [5.74, 6) is -1.22. The smallest absolute Gasteiger partial charge is 0.395 e. The van der Waals surface area contributed by atoms with E-state index in [1.807, 2.05) is 0 Å². The Kier molecular flexibility index (Phi) is 5.54. The second-order valence-electron chi connectivity index (χ2n) is 8.35. The number of aromatic nitrogens is 4. The van der Waals surface area contributed by atoms with Crippen molar-refractivity contribution >= 4 is 34.4 Å². The predicted molar refractivity (Wildman–Crippen MR) is 121 cm³/mol. The molecule has 0 aliphatic heterocycles. The minimum Gasteiger partial charge on any atom is -0.395 e. The molecule has 0 atom stereocenters. The number of carbonyl (C=O) groups is 1. The van der Waals surface area contributed by atoms with Crippen LogP contribution in [0, 0.1) is 5.82 Å². The molecule has 0 spiro atoms. The fourth-order valence-corrected chi connectivity index (χ4v) is 4.05. The Hall–Kier alpha value is -4.20. The summed E-state index contributed by atoms with van der Waals surface area (Å²) in [5, 5.41) is 17.8. The molecule has 1 aliphatic carbocycles. The summed E-state index contributed by atoms with van der Waals surface area (Å²) in [6.07, 6.45) is -1.78. The van der Waals surface area contributed by atoms with E-state index in [0.717, 1.165) is 6.07 Å². The molecule has 3 aromatic heterocycles. The minimum absolute atomic E-state index is 0.120. The number of halogens is 4. The third kappa shape index (κ3) is 3.98. The monoisotopic (exact) mass is 505 g/mol. The molecule has 0 bridgehead atoms. The molecule has 3 heterocycles. The molecule has 4 aromatic rings. The number of fused-ring (bicyclic) bond motifs is 1. The van der Waals surface area contributed by atoms with E-state index in [-0.39, 0.29) is 49.1 Å². The number of urea groups is 1. The third-order valence-corrected chi connectivity index (χ3v) is 6.07. The van der Waals surface area contributed by atoms with E-state index in [4.69, 9.17) is 10.3 Å². The number of hydrogen-bond acceptors (Lipinski definition) is 7. The summed E-state index contributed by atoms with van der Waals surface area (Å²) in [7, 11) is 0. The van der Waals surface area contributed by atoms with Gasteiger partial charge in [0.15, 0.2) is 11.6 Å². The van der Waals surface area contributed by atoms with Gasteiger partial charge in [-0.2, -0.15) is 13.2 Å². The lowest BCUT2D eigenvalue weighted by Gasteiger charge is -2.15. The third-order valence-electron chi connectivity index (χ3n) is 6.07. The maximum atomic E-state index is 14.9. The van der Waals surface area contributed by atoms with Gasteiger partial charge in [-0.3, -0.25) is 5.32 Å². The van der Waals surface area contributed by atoms with E-state index in [2.05, 4.69) is 25.8 Å². The lowest BCUT2D eigenvalue weighted by Crippen LogP contribution is -2.28. The van der Waals surface area contributed by atoms with Crippen LogP contribution in [0.3, 0.4) is 0 Å². The summed E-state index contributed by atoms with van der Waals surface area (Å²) in [5.41, 5.74) is 5.17. The van der Waals surface area contributed by atoms with Crippen LogP contribution >= 0.6 is 0 Å². The van der Waals surface area contributed by atoms with E-state index in [0.29, 0.717) is 22.2 Å². The fraction of sp³-hybridized carbons (Fsp3) is 0.273. The largest absolute Gasteiger partial charge is 0.401 e. The Morgan fingerprint density at radius 1 is 1.22 bits per heavy atom. The van der Waals surface area contributed by atoms with Crippen molar-refractivity contribution in [2.24, 2.45) is 0 Å². The summed E-state index contributed by atoms with van der Waals surface area (Å²) in [6, 6.07) is 4.12. The highest BCUT2D eigenvalue weighted by atomic mass is 19.4. The zero-order valence-electron chi connectivity index (χ0n) is 18.4. The highest BCUT2D eigenvalue weighted by Crippen LogP contribution is 2.59. The SMILES string of the molecule is Nc1ncnc2c1c(-c1ccc(NC(=O)Nc3cc(C4(C(F)(F)F)CC4)on3)c(F)c1)cn2CCO. The summed E-state index contributed by atoms with van der Waals surface area (Å²) in [6.45, 7) is 0.0900. The van der Waals surface area contributed by atoms with Gasteiger partial charge in [0.05, 0.1) is 17.7 Å². The average Bonchev–Trinajstić information content (AvgIpc) is 3.39. The number of rotatable bonds is 6. The van der Waals surface area contributed by atoms with Crippen molar-refractivity contribution in [2.45, 2.75) is 31.0 Å². The van der Waals surface area contributed by atoms with Gasteiger partial charge in [0.2, 0.25) is 0 Å². The Labute approximate surface area is 200 Å². The van der Waals surface area contributed by atoms with Gasteiger partial charge < -0.3 is 25.2 Å². The van der Waals surface area contributed by atoms with E-state index in [9.17, 15) is 27.5 Å². The molecule has 10 nitrogen and oxygen atoms in total. The van der Waals surface area contributed by atoms with Gasteiger partial charge in [-0.15, -0.1) is 0 Å². The van der Waals surface area contributed by atoms with E-state index in [1.54, 1.807) is 10.8 Å². The minimum atomic E-state index is -4.49. The standard InChI is InChI=1S/C22H19F4N7O3/c23-13-7-11(12-9-33(5-6-34)19-17(12)18(27)28-10-29-19)1-2-14(13)30-20(35)31-16-8-15(36-32-16)21(3-4-21)22(24,25)26/h1-2,7-10,34H,3-6H2,(H2,27,28,29)(H2,30,31,32,35). The van der Waals surface area contributed by atoms with E-state index < -0.39 is 23.4 Å². The van der Waals surface area contributed by atoms with Crippen molar-refractivity contribution in [3.05, 3.63) is 48.4 Å². The maximum absolute atomic E-state index is 14.9. The maximum Gasteiger partial charge on any atom is 0.401 e. The molecule has 36 heavy (non-hydrogen) atoms. The van der Waals surface area contributed by atoms with Crippen LogP contribution in [0.2, 0.25) is 0 Å². The number of aliphatic hydroxyl groups excluding tert-OH is 1. The van der Waals surface area contributed by atoms with Crippen molar-refractivity contribution in [3.8, 4) is 11.1 Å². The van der Waals surface area contributed by atoms with Crippen molar-refractivity contribution in [3.63, 3.8) is 0 Å². The fourth-order valence-electron chi connectivity index (χ4n) is 4.05. The Morgan fingerprint density at radius 2 is 2.00 bits per heavy atom. The van der Waals surface area contributed by atoms with Gasteiger partial charge in [0.25, 0.3) is 0 Å². The van der Waals surface area contributed by atoms with Crippen molar-refractivity contribution in [1.29, 1.82) is 0 Å². The van der Waals surface area contributed by atoms with Crippen LogP contribution in [0.5, 0.6) is 0 Å². The lowest BCUT2D eigenvalue weighted by molar-refractivity contribution is -0.165. The molecule has 1 aromatic carbocycles. The Morgan fingerprint density at radius 3 is 2.67 bits per heavy atom. The quantitative estimate of drug-likeness (QED) is 0.290. The Bertz CT molecular complexity index is 1460. The second-order valence-corrected chi connectivity index (χ2v) is 8.35. The molecule has 0 radical (unpaired) electrons. The first kappa shape index (κ1) is 23.5.